The Morgan fingerprint density at radius 2 is 1.52 bits per heavy atom. The van der Waals surface area contributed by atoms with E-state index in [1.54, 1.807) is 0 Å². The lowest BCUT2D eigenvalue weighted by molar-refractivity contribution is 0.667. The Hall–Kier alpha value is -1.52. The van der Waals surface area contributed by atoms with Gasteiger partial charge in [0.05, 0.1) is 8.59 Å². The molecule has 0 saturated heterocycles. The lowest BCUT2D eigenvalue weighted by Crippen LogP contribution is -1.80. The quantitative estimate of drug-likeness (QED) is 0.330. The average Bonchev–Trinajstić information content (AvgIpc) is 2.88. The smallest absolute Gasteiger partial charge is 0.148 e. The predicted molar refractivity (Wildman–Crippen MR) is 96.9 cm³/mol. The lowest BCUT2D eigenvalue weighted by atomic mass is 10.0. The summed E-state index contributed by atoms with van der Waals surface area (Å²) in [5.74, 6) is 0. The Labute approximate surface area is 140 Å². The highest BCUT2D eigenvalue weighted by molar-refractivity contribution is 14.1. The summed E-state index contributed by atoms with van der Waals surface area (Å²) in [5, 5.41) is 2.94. The van der Waals surface area contributed by atoms with E-state index in [9.17, 15) is 0 Å². The van der Waals surface area contributed by atoms with Crippen molar-refractivity contribution >= 4 is 56.1 Å². The fourth-order valence-corrected chi connectivity index (χ4v) is 3.54. The van der Waals surface area contributed by atoms with Gasteiger partial charge in [0.1, 0.15) is 11.2 Å². The van der Waals surface area contributed by atoms with Crippen molar-refractivity contribution in [1.82, 2.24) is 0 Å². The molecule has 0 aliphatic rings. The van der Waals surface area contributed by atoms with Crippen LogP contribution in [0.2, 0.25) is 5.02 Å². The first-order chi connectivity index (χ1) is 10.3. The molecule has 4 rings (SSSR count). The molecule has 3 aromatic carbocycles. The molecule has 0 aliphatic heterocycles. The summed E-state index contributed by atoms with van der Waals surface area (Å²) < 4.78 is 7.27. The van der Waals surface area contributed by atoms with Crippen molar-refractivity contribution in [2.45, 2.75) is 0 Å². The third-order valence-corrected chi connectivity index (χ3v) is 4.80. The number of fused-ring (bicyclic) bond motifs is 3. The zero-order valence-electron chi connectivity index (χ0n) is 10.9. The first-order valence-electron chi connectivity index (χ1n) is 6.60. The molecular formula is C18H10ClIO. The summed E-state index contributed by atoms with van der Waals surface area (Å²) in [5.41, 5.74) is 3.81. The summed E-state index contributed by atoms with van der Waals surface area (Å²) in [6, 6.07) is 20.3. The third kappa shape index (κ3) is 2.05. The van der Waals surface area contributed by atoms with Crippen LogP contribution >= 0.6 is 34.2 Å². The number of furan rings is 1. The third-order valence-electron chi connectivity index (χ3n) is 3.63. The normalized spacial score (nSPS) is 11.3. The second-order valence-electron chi connectivity index (χ2n) is 4.88. The SMILES string of the molecule is Clc1ccc2c(oc3c(I)cccc32)c1-c1ccccc1. The number of rotatable bonds is 1. The first kappa shape index (κ1) is 13.2. The Balaban J connectivity index is 2.18. The molecule has 0 radical (unpaired) electrons. The van der Waals surface area contributed by atoms with E-state index >= 15 is 0 Å². The molecule has 0 spiro atoms. The molecular weight excluding hydrogens is 395 g/mol. The molecule has 21 heavy (non-hydrogen) atoms. The molecule has 0 amide bonds. The van der Waals surface area contributed by atoms with Gasteiger partial charge in [-0.05, 0) is 46.4 Å². The van der Waals surface area contributed by atoms with E-state index in [0.717, 1.165) is 36.6 Å². The van der Waals surface area contributed by atoms with Crippen LogP contribution in [0, 0.1) is 3.57 Å². The van der Waals surface area contributed by atoms with Gasteiger partial charge >= 0.3 is 0 Å². The van der Waals surface area contributed by atoms with Crippen LogP contribution in [0.5, 0.6) is 0 Å². The van der Waals surface area contributed by atoms with Crippen molar-refractivity contribution in [2.75, 3.05) is 0 Å². The van der Waals surface area contributed by atoms with Gasteiger partial charge in [-0.3, -0.25) is 0 Å². The number of hydrogen-bond acceptors (Lipinski definition) is 1. The van der Waals surface area contributed by atoms with Crippen molar-refractivity contribution in [2.24, 2.45) is 0 Å². The van der Waals surface area contributed by atoms with Crippen molar-refractivity contribution in [3.8, 4) is 11.1 Å². The van der Waals surface area contributed by atoms with Crippen LogP contribution in [0.1, 0.15) is 0 Å². The van der Waals surface area contributed by atoms with Gasteiger partial charge in [0.25, 0.3) is 0 Å². The number of hydrogen-bond donors (Lipinski definition) is 0. The topological polar surface area (TPSA) is 13.1 Å². The van der Waals surface area contributed by atoms with Crippen molar-refractivity contribution < 1.29 is 4.42 Å². The van der Waals surface area contributed by atoms with E-state index in [-0.39, 0.29) is 0 Å². The zero-order valence-corrected chi connectivity index (χ0v) is 13.9. The van der Waals surface area contributed by atoms with Crippen LogP contribution in [0.3, 0.4) is 0 Å². The van der Waals surface area contributed by atoms with E-state index in [1.807, 2.05) is 30.3 Å². The highest BCUT2D eigenvalue weighted by atomic mass is 127. The molecule has 0 atom stereocenters. The van der Waals surface area contributed by atoms with E-state index in [2.05, 4.69) is 52.9 Å². The first-order valence-corrected chi connectivity index (χ1v) is 8.06. The Bertz CT molecular complexity index is 957. The molecule has 0 N–H and O–H groups in total. The van der Waals surface area contributed by atoms with Gasteiger partial charge in [0.15, 0.2) is 0 Å². The molecule has 0 saturated carbocycles. The van der Waals surface area contributed by atoms with Crippen LogP contribution in [-0.2, 0) is 0 Å². The minimum atomic E-state index is 0.711. The van der Waals surface area contributed by atoms with Crippen LogP contribution in [-0.4, -0.2) is 0 Å². The van der Waals surface area contributed by atoms with E-state index in [4.69, 9.17) is 16.0 Å². The summed E-state index contributed by atoms with van der Waals surface area (Å²) in [7, 11) is 0. The monoisotopic (exact) mass is 404 g/mol. The zero-order chi connectivity index (χ0) is 14.4. The van der Waals surface area contributed by atoms with Gasteiger partial charge in [0.2, 0.25) is 0 Å². The molecule has 1 heterocycles. The van der Waals surface area contributed by atoms with E-state index in [1.165, 1.54) is 0 Å². The fraction of sp³-hybridized carbons (Fsp3) is 0. The summed E-state index contributed by atoms with van der Waals surface area (Å²) in [6.45, 7) is 0. The molecule has 1 nitrogen and oxygen atoms in total. The van der Waals surface area contributed by atoms with Crippen LogP contribution in [0.4, 0.5) is 0 Å². The minimum absolute atomic E-state index is 0.711. The van der Waals surface area contributed by atoms with Gasteiger partial charge in [-0.15, -0.1) is 0 Å². The second-order valence-corrected chi connectivity index (χ2v) is 6.45. The predicted octanol–water partition coefficient (Wildman–Crippen LogP) is 6.51. The number of benzene rings is 3. The summed E-state index contributed by atoms with van der Waals surface area (Å²) in [6.07, 6.45) is 0. The molecule has 0 fully saturated rings. The van der Waals surface area contributed by atoms with Crippen molar-refractivity contribution in [3.63, 3.8) is 0 Å². The van der Waals surface area contributed by atoms with E-state index < -0.39 is 0 Å². The molecule has 4 aromatic rings. The van der Waals surface area contributed by atoms with Gasteiger partial charge in [-0.1, -0.05) is 54.1 Å². The van der Waals surface area contributed by atoms with Gasteiger partial charge in [-0.2, -0.15) is 0 Å². The largest absolute Gasteiger partial charge is 0.454 e. The highest BCUT2D eigenvalue weighted by Gasteiger charge is 2.16. The van der Waals surface area contributed by atoms with Crippen molar-refractivity contribution in [1.29, 1.82) is 0 Å². The van der Waals surface area contributed by atoms with E-state index in [0.29, 0.717) is 5.02 Å². The fourth-order valence-electron chi connectivity index (χ4n) is 2.68. The average molecular weight is 405 g/mol. The lowest BCUT2D eigenvalue weighted by Gasteiger charge is -2.05. The Kier molecular flexibility index (Phi) is 3.16. The standard InChI is InChI=1S/C18H10ClIO/c19-14-10-9-13-12-7-4-8-15(20)17(12)21-18(13)16(14)11-5-2-1-3-6-11/h1-10H. The molecule has 102 valence electrons. The maximum Gasteiger partial charge on any atom is 0.148 e. The molecule has 1 aromatic heterocycles. The summed E-state index contributed by atoms with van der Waals surface area (Å²) >= 11 is 8.74. The van der Waals surface area contributed by atoms with Gasteiger partial charge in [-0.25, -0.2) is 0 Å². The maximum atomic E-state index is 6.44. The second kappa shape index (κ2) is 5.04. The van der Waals surface area contributed by atoms with Gasteiger partial charge < -0.3 is 4.42 Å². The molecule has 3 heteroatoms. The van der Waals surface area contributed by atoms with Crippen molar-refractivity contribution in [3.05, 3.63) is 69.3 Å². The van der Waals surface area contributed by atoms with Gasteiger partial charge in [0, 0.05) is 16.3 Å². The van der Waals surface area contributed by atoms with Crippen LogP contribution in [0.15, 0.2) is 65.1 Å². The molecule has 0 bridgehead atoms. The number of halogens is 2. The molecule has 0 aliphatic carbocycles. The summed E-state index contributed by atoms with van der Waals surface area (Å²) in [4.78, 5) is 0. The molecule has 0 unspecified atom stereocenters. The number of para-hydroxylation sites is 1. The van der Waals surface area contributed by atoms with Crippen LogP contribution < -0.4 is 0 Å². The highest BCUT2D eigenvalue weighted by Crippen LogP contribution is 2.40. The Morgan fingerprint density at radius 3 is 2.33 bits per heavy atom. The maximum absolute atomic E-state index is 6.44. The van der Waals surface area contributed by atoms with Crippen LogP contribution in [0.25, 0.3) is 33.1 Å². The Morgan fingerprint density at radius 1 is 0.762 bits per heavy atom. The minimum Gasteiger partial charge on any atom is -0.454 e.